The van der Waals surface area contributed by atoms with Gasteiger partial charge in [0.1, 0.15) is 11.5 Å². The average molecular weight is 477 g/mol. The van der Waals surface area contributed by atoms with Gasteiger partial charge in [0, 0.05) is 36.6 Å². The number of methoxy groups -OCH3 is 2. The van der Waals surface area contributed by atoms with Gasteiger partial charge in [0.15, 0.2) is 0 Å². The molecule has 1 atom stereocenters. The molecule has 2 N–H and O–H groups in total. The van der Waals surface area contributed by atoms with Crippen molar-refractivity contribution in [1.82, 2.24) is 14.9 Å². The van der Waals surface area contributed by atoms with E-state index in [1.165, 1.54) is 6.42 Å². The van der Waals surface area contributed by atoms with Crippen LogP contribution in [-0.4, -0.2) is 53.2 Å². The summed E-state index contributed by atoms with van der Waals surface area (Å²) < 4.78 is 10.7. The number of hydrogen-bond donors (Lipinski definition) is 2. The van der Waals surface area contributed by atoms with Crippen LogP contribution in [0.15, 0.2) is 23.2 Å². The molecule has 2 heterocycles. The lowest BCUT2D eigenvalue weighted by Crippen LogP contribution is -2.43. The average Bonchev–Trinajstić information content (AvgIpc) is 2.73. The molecule has 10 heteroatoms. The van der Waals surface area contributed by atoms with Crippen molar-refractivity contribution in [1.29, 1.82) is 0 Å². The second-order valence-corrected chi connectivity index (χ2v) is 8.64. The van der Waals surface area contributed by atoms with Gasteiger partial charge in [0.05, 0.1) is 24.9 Å². The topological polar surface area (TPSA) is 83.9 Å². The molecule has 0 radical (unpaired) electrons. The summed E-state index contributed by atoms with van der Waals surface area (Å²) in [5, 5.41) is 7.11. The van der Waals surface area contributed by atoms with E-state index in [1.54, 1.807) is 26.4 Å². The highest BCUT2D eigenvalue weighted by Gasteiger charge is 2.21. The molecular formula is C22H29ClN6O2S. The van der Waals surface area contributed by atoms with Gasteiger partial charge >= 0.3 is 0 Å². The van der Waals surface area contributed by atoms with Crippen LogP contribution in [0.3, 0.4) is 0 Å². The largest absolute Gasteiger partial charge is 0.495 e. The number of aromatic nitrogens is 2. The number of ether oxygens (including phenoxy) is 2. The molecule has 1 aromatic heterocycles. The third kappa shape index (κ3) is 6.20. The van der Waals surface area contributed by atoms with E-state index < -0.39 is 0 Å². The maximum atomic E-state index is 6.21. The summed E-state index contributed by atoms with van der Waals surface area (Å²) in [7, 11) is 3.12. The molecule has 0 saturated carbocycles. The van der Waals surface area contributed by atoms with Gasteiger partial charge in [-0.15, -0.1) is 0 Å². The van der Waals surface area contributed by atoms with Crippen LogP contribution < -0.4 is 20.1 Å². The number of thiocarbonyl (C=S) groups is 1. The molecule has 3 rings (SSSR count). The van der Waals surface area contributed by atoms with Crippen LogP contribution in [0.5, 0.6) is 11.5 Å². The molecule has 1 unspecified atom stereocenters. The Hall–Kier alpha value is -2.65. The first-order valence-corrected chi connectivity index (χ1v) is 11.2. The van der Waals surface area contributed by atoms with E-state index in [4.69, 9.17) is 33.3 Å². The van der Waals surface area contributed by atoms with Gasteiger partial charge in [-0.25, -0.2) is 9.97 Å². The second-order valence-electron chi connectivity index (χ2n) is 7.85. The highest BCUT2D eigenvalue weighted by Crippen LogP contribution is 2.36. The molecule has 0 spiro atoms. The molecule has 1 aliphatic rings. The molecule has 1 fully saturated rings. The molecule has 1 aromatic carbocycles. The highest BCUT2D eigenvalue weighted by molar-refractivity contribution is 7.80. The number of hydrogen-bond acceptors (Lipinski definition) is 5. The summed E-state index contributed by atoms with van der Waals surface area (Å²) >= 11 is 11.8. The van der Waals surface area contributed by atoms with E-state index >= 15 is 0 Å². The molecule has 32 heavy (non-hydrogen) atoms. The van der Waals surface area contributed by atoms with E-state index in [1.807, 2.05) is 19.9 Å². The standard InChI is InChI=1S/C22H29ClN6O2S/c1-13-7-6-8-29(12-13)21(27-20-24-14(2)9-15(3)25-20)28-22(32)26-17-11-18(30-4)16(23)10-19(17)31-5/h9-11,13H,6-8,12H2,1-5H3,(H2,24,25,26,27,28,32). The minimum atomic E-state index is 0.262. The van der Waals surface area contributed by atoms with Crippen molar-refractivity contribution in [3.63, 3.8) is 0 Å². The van der Waals surface area contributed by atoms with Crippen LogP contribution in [-0.2, 0) is 0 Å². The Labute approximate surface area is 199 Å². The molecule has 0 amide bonds. The minimum absolute atomic E-state index is 0.262. The van der Waals surface area contributed by atoms with Crippen LogP contribution in [0.25, 0.3) is 0 Å². The fourth-order valence-electron chi connectivity index (χ4n) is 3.64. The third-order valence-electron chi connectivity index (χ3n) is 5.09. The SMILES string of the molecule is COc1cc(NC(=S)/N=C(/Nc2nc(C)cc(C)n2)N2CCCC(C)C2)c(OC)cc1Cl. The summed E-state index contributed by atoms with van der Waals surface area (Å²) in [6.45, 7) is 7.86. The fourth-order valence-corrected chi connectivity index (χ4v) is 4.07. The number of anilines is 2. The van der Waals surface area contributed by atoms with E-state index in [0.717, 1.165) is 30.9 Å². The van der Waals surface area contributed by atoms with Crippen LogP contribution >= 0.6 is 23.8 Å². The molecular weight excluding hydrogens is 448 g/mol. The predicted molar refractivity (Wildman–Crippen MR) is 133 cm³/mol. The van der Waals surface area contributed by atoms with Gasteiger partial charge in [-0.2, -0.15) is 4.99 Å². The lowest BCUT2D eigenvalue weighted by atomic mass is 10.0. The number of piperidine rings is 1. The van der Waals surface area contributed by atoms with Crippen LogP contribution in [0.2, 0.25) is 5.02 Å². The van der Waals surface area contributed by atoms with Gasteiger partial charge in [0.2, 0.25) is 17.0 Å². The van der Waals surface area contributed by atoms with Gasteiger partial charge < -0.3 is 19.7 Å². The number of likely N-dealkylation sites (tertiary alicyclic amines) is 1. The highest BCUT2D eigenvalue weighted by atomic mass is 35.5. The van der Waals surface area contributed by atoms with E-state index in [2.05, 4.69) is 37.4 Å². The molecule has 172 valence electrons. The summed E-state index contributed by atoms with van der Waals surface area (Å²) in [4.78, 5) is 15.9. The van der Waals surface area contributed by atoms with Crippen LogP contribution in [0.1, 0.15) is 31.2 Å². The molecule has 8 nitrogen and oxygen atoms in total. The summed E-state index contributed by atoms with van der Waals surface area (Å²) in [5.41, 5.74) is 2.37. The number of halogens is 1. The number of rotatable bonds is 4. The Morgan fingerprint density at radius 1 is 1.12 bits per heavy atom. The van der Waals surface area contributed by atoms with Crippen molar-refractivity contribution in [3.8, 4) is 11.5 Å². The van der Waals surface area contributed by atoms with Crippen molar-refractivity contribution in [3.05, 3.63) is 34.6 Å². The lowest BCUT2D eigenvalue weighted by molar-refractivity contribution is 0.273. The van der Waals surface area contributed by atoms with Crippen molar-refractivity contribution in [2.24, 2.45) is 10.9 Å². The molecule has 1 saturated heterocycles. The smallest absolute Gasteiger partial charge is 0.229 e. The molecule has 2 aromatic rings. The van der Waals surface area contributed by atoms with Crippen molar-refractivity contribution < 1.29 is 9.47 Å². The summed E-state index contributed by atoms with van der Waals surface area (Å²) in [6, 6.07) is 5.33. The third-order valence-corrected chi connectivity index (χ3v) is 5.57. The number of guanidine groups is 1. The number of nitrogens with one attached hydrogen (secondary N) is 2. The summed E-state index contributed by atoms with van der Waals surface area (Å²) in [6.07, 6.45) is 2.27. The number of benzene rings is 1. The Balaban J connectivity index is 1.90. The Kier molecular flexibility index (Phi) is 8.09. The monoisotopic (exact) mass is 476 g/mol. The molecule has 0 aliphatic carbocycles. The zero-order valence-electron chi connectivity index (χ0n) is 19.0. The van der Waals surface area contributed by atoms with Crippen molar-refractivity contribution >= 4 is 46.5 Å². The quantitative estimate of drug-likeness (QED) is 0.374. The zero-order chi connectivity index (χ0) is 23.3. The number of aryl methyl sites for hydroxylation is 2. The zero-order valence-corrected chi connectivity index (χ0v) is 20.6. The van der Waals surface area contributed by atoms with E-state index in [0.29, 0.717) is 40.0 Å². The maximum Gasteiger partial charge on any atom is 0.229 e. The van der Waals surface area contributed by atoms with Crippen molar-refractivity contribution in [2.45, 2.75) is 33.6 Å². The maximum absolute atomic E-state index is 6.21. The Bertz CT molecular complexity index is 996. The molecule has 0 bridgehead atoms. The number of nitrogens with zero attached hydrogens (tertiary/aromatic N) is 4. The van der Waals surface area contributed by atoms with Gasteiger partial charge in [0.25, 0.3) is 0 Å². The Morgan fingerprint density at radius 2 is 1.81 bits per heavy atom. The lowest BCUT2D eigenvalue weighted by Gasteiger charge is -2.33. The first-order valence-electron chi connectivity index (χ1n) is 10.4. The normalized spacial score (nSPS) is 16.5. The van der Waals surface area contributed by atoms with E-state index in [-0.39, 0.29) is 5.11 Å². The first kappa shape index (κ1) is 24.0. The number of aliphatic imine (C=N–C) groups is 1. The van der Waals surface area contributed by atoms with Gasteiger partial charge in [-0.05, 0) is 50.9 Å². The minimum Gasteiger partial charge on any atom is -0.495 e. The van der Waals surface area contributed by atoms with E-state index in [9.17, 15) is 0 Å². The van der Waals surface area contributed by atoms with Crippen molar-refractivity contribution in [2.75, 3.05) is 37.9 Å². The summed E-state index contributed by atoms with van der Waals surface area (Å²) in [5.74, 6) is 2.70. The van der Waals surface area contributed by atoms with Gasteiger partial charge in [-0.1, -0.05) is 18.5 Å². The Morgan fingerprint density at radius 3 is 2.44 bits per heavy atom. The predicted octanol–water partition coefficient (Wildman–Crippen LogP) is 4.66. The second kappa shape index (κ2) is 10.8. The van der Waals surface area contributed by atoms with Crippen LogP contribution in [0, 0.1) is 19.8 Å². The fraction of sp³-hybridized carbons (Fsp3) is 0.455. The van der Waals surface area contributed by atoms with Gasteiger partial charge in [-0.3, -0.25) is 5.32 Å². The molecule has 1 aliphatic heterocycles. The van der Waals surface area contributed by atoms with Crippen LogP contribution in [0.4, 0.5) is 11.6 Å². The first-order chi connectivity index (χ1) is 15.3.